The highest BCUT2D eigenvalue weighted by Gasteiger charge is 2.11. The molecule has 0 saturated heterocycles. The molecule has 2 atom stereocenters. The third-order valence-corrected chi connectivity index (χ3v) is 6.11. The van der Waals surface area contributed by atoms with E-state index in [2.05, 4.69) is 24.6 Å². The number of hydrogen-bond acceptors (Lipinski definition) is 3. The van der Waals surface area contributed by atoms with Gasteiger partial charge in [0.15, 0.2) is 0 Å². The largest absolute Gasteiger partial charge is 0.198 e. The van der Waals surface area contributed by atoms with Gasteiger partial charge in [-0.25, -0.2) is 0 Å². The molecule has 5 heteroatoms. The Morgan fingerprint density at radius 2 is 1.40 bits per heavy atom. The molecule has 80 valence electrons. The molecule has 0 aromatic carbocycles. The second kappa shape index (κ2) is 9.87. The molecule has 0 fully saturated rings. The summed E-state index contributed by atoms with van der Waals surface area (Å²) in [6.45, 7) is 2.08. The zero-order valence-electron chi connectivity index (χ0n) is 8.98. The second-order valence-corrected chi connectivity index (χ2v) is 7.43. The van der Waals surface area contributed by atoms with Crippen LogP contribution in [0.4, 0.5) is 0 Å². The van der Waals surface area contributed by atoms with Crippen LogP contribution in [0.15, 0.2) is 0 Å². The van der Waals surface area contributed by atoms with Crippen molar-refractivity contribution in [3.63, 3.8) is 0 Å². The summed E-state index contributed by atoms with van der Waals surface area (Å²) in [6.07, 6.45) is 4.93. The van der Waals surface area contributed by atoms with Gasteiger partial charge in [-0.05, 0) is 24.6 Å². The number of hydrogen-bond donors (Lipinski definition) is 0. The maximum Gasteiger partial charge on any atom is 0.0872 e. The van der Waals surface area contributed by atoms with Crippen LogP contribution in [0.2, 0.25) is 0 Å². The molecular formula is C10H15N3P2. The molecule has 0 radical (unpaired) electrons. The minimum Gasteiger partial charge on any atom is -0.198 e. The second-order valence-electron chi connectivity index (χ2n) is 3.08. The van der Waals surface area contributed by atoms with Crippen molar-refractivity contribution in [2.75, 3.05) is 24.6 Å². The van der Waals surface area contributed by atoms with Crippen molar-refractivity contribution in [2.24, 2.45) is 0 Å². The van der Waals surface area contributed by atoms with Crippen LogP contribution in [0.5, 0.6) is 0 Å². The van der Waals surface area contributed by atoms with Crippen molar-refractivity contribution in [3.8, 4) is 17.7 Å². The fraction of sp³-hybridized carbons (Fsp3) is 0.700. The lowest BCUT2D eigenvalue weighted by molar-refractivity contribution is 1.09. The molecule has 0 aliphatic heterocycles. The molecular weight excluding hydrogens is 224 g/mol. The Morgan fingerprint density at radius 1 is 0.867 bits per heavy atom. The molecule has 0 aromatic rings. The molecule has 2 unspecified atom stereocenters. The van der Waals surface area contributed by atoms with Crippen molar-refractivity contribution in [2.45, 2.75) is 19.8 Å². The summed E-state index contributed by atoms with van der Waals surface area (Å²) in [7, 11) is -1.19. The van der Waals surface area contributed by atoms with E-state index in [9.17, 15) is 0 Å². The van der Waals surface area contributed by atoms with Crippen LogP contribution in [0, 0.1) is 33.5 Å². The number of nitrogens with zero attached hydrogens (tertiary/aromatic N) is 3. The van der Waals surface area contributed by atoms with Gasteiger partial charge in [0.05, 0.1) is 17.7 Å². The smallest absolute Gasteiger partial charge is 0.0872 e. The molecule has 0 bridgehead atoms. The molecule has 0 spiro atoms. The van der Waals surface area contributed by atoms with E-state index in [0.717, 1.165) is 24.9 Å². The quantitative estimate of drug-likeness (QED) is 0.640. The van der Waals surface area contributed by atoms with Crippen molar-refractivity contribution in [1.29, 1.82) is 15.8 Å². The van der Waals surface area contributed by atoms with E-state index in [1.54, 1.807) is 0 Å². The van der Waals surface area contributed by atoms with Crippen molar-refractivity contribution in [1.82, 2.24) is 0 Å². The van der Waals surface area contributed by atoms with Gasteiger partial charge in [-0.2, -0.15) is 15.8 Å². The molecule has 0 amide bonds. The molecule has 0 rings (SSSR count). The fourth-order valence-corrected chi connectivity index (χ4v) is 4.81. The van der Waals surface area contributed by atoms with Gasteiger partial charge < -0.3 is 0 Å². The van der Waals surface area contributed by atoms with E-state index >= 15 is 0 Å². The van der Waals surface area contributed by atoms with Crippen molar-refractivity contribution < 1.29 is 0 Å². The molecule has 0 heterocycles. The lowest BCUT2D eigenvalue weighted by atomic mass is 10.6. The van der Waals surface area contributed by atoms with Crippen molar-refractivity contribution in [3.05, 3.63) is 0 Å². The molecule has 0 aliphatic carbocycles. The predicted molar refractivity (Wildman–Crippen MR) is 65.1 cm³/mol. The highest BCUT2D eigenvalue weighted by atomic mass is 31.1. The maximum absolute atomic E-state index is 8.87. The Morgan fingerprint density at radius 3 is 1.80 bits per heavy atom. The Hall–Kier alpha value is -0.670. The van der Waals surface area contributed by atoms with E-state index in [1.165, 1.54) is 0 Å². The molecule has 0 aromatic heterocycles. The monoisotopic (exact) mass is 239 g/mol. The van der Waals surface area contributed by atoms with E-state index in [4.69, 9.17) is 15.8 Å². The molecule has 0 N–H and O–H groups in total. The summed E-state index contributed by atoms with van der Waals surface area (Å²) in [6, 6.07) is 2.06. The van der Waals surface area contributed by atoms with Crippen LogP contribution in [0.25, 0.3) is 0 Å². The Bertz CT molecular complexity index is 285. The van der Waals surface area contributed by atoms with Crippen LogP contribution in [-0.2, 0) is 0 Å². The Balaban J connectivity index is 3.85. The van der Waals surface area contributed by atoms with Gasteiger partial charge in [-0.15, -0.1) is 0 Å². The van der Waals surface area contributed by atoms with Gasteiger partial charge in [0, 0.05) is 22.3 Å². The SMILES string of the molecule is CCCP(C#N)CCP(C#N)CCC#N. The average Bonchev–Trinajstić information content (AvgIpc) is 2.27. The molecule has 0 saturated carbocycles. The zero-order chi connectivity index (χ0) is 11.5. The number of rotatable bonds is 7. The first-order valence-corrected chi connectivity index (χ1v) is 8.37. The Kier molecular flexibility index (Phi) is 9.43. The number of nitriles is 3. The zero-order valence-corrected chi connectivity index (χ0v) is 10.8. The van der Waals surface area contributed by atoms with Crippen molar-refractivity contribution >= 4 is 15.8 Å². The third-order valence-electron chi connectivity index (χ3n) is 1.91. The highest BCUT2D eigenvalue weighted by molar-refractivity contribution is 7.66. The molecule has 0 aliphatic rings. The molecule has 15 heavy (non-hydrogen) atoms. The van der Waals surface area contributed by atoms with Gasteiger partial charge in [0.25, 0.3) is 0 Å². The average molecular weight is 239 g/mol. The van der Waals surface area contributed by atoms with E-state index in [1.807, 2.05) is 0 Å². The predicted octanol–water partition coefficient (Wildman–Crippen LogP) is 3.24. The van der Waals surface area contributed by atoms with Gasteiger partial charge in [-0.1, -0.05) is 13.3 Å². The van der Waals surface area contributed by atoms with Crippen LogP contribution < -0.4 is 0 Å². The minimum absolute atomic E-state index is 0.470. The third kappa shape index (κ3) is 7.28. The first-order valence-electron chi connectivity index (χ1n) is 4.94. The van der Waals surface area contributed by atoms with Crippen LogP contribution >= 0.6 is 15.8 Å². The van der Waals surface area contributed by atoms with Crippen LogP contribution in [0.3, 0.4) is 0 Å². The molecule has 3 nitrogen and oxygen atoms in total. The lowest BCUT2D eigenvalue weighted by Crippen LogP contribution is -1.95. The standard InChI is InChI=1S/C10H15N3P2/c1-2-5-14(9-12)7-8-15(10-13)6-3-4-11/h2-3,5-8H2,1H3. The van der Waals surface area contributed by atoms with Gasteiger partial charge in [0.1, 0.15) is 0 Å². The van der Waals surface area contributed by atoms with Gasteiger partial charge in [-0.3, -0.25) is 0 Å². The highest BCUT2D eigenvalue weighted by Crippen LogP contribution is 2.41. The minimum atomic E-state index is -0.665. The van der Waals surface area contributed by atoms with Crippen LogP contribution in [0.1, 0.15) is 19.8 Å². The van der Waals surface area contributed by atoms with E-state index in [0.29, 0.717) is 12.6 Å². The first-order chi connectivity index (χ1) is 7.28. The summed E-state index contributed by atoms with van der Waals surface area (Å²) >= 11 is 0. The summed E-state index contributed by atoms with van der Waals surface area (Å²) in [4.78, 5) is 0. The topological polar surface area (TPSA) is 71.4 Å². The van der Waals surface area contributed by atoms with Gasteiger partial charge in [0.2, 0.25) is 0 Å². The van der Waals surface area contributed by atoms with E-state index < -0.39 is 15.8 Å². The summed E-state index contributed by atoms with van der Waals surface area (Å²) in [5.41, 5.74) is 0. The summed E-state index contributed by atoms with van der Waals surface area (Å²) in [5, 5.41) is 26.2. The van der Waals surface area contributed by atoms with Crippen LogP contribution in [-0.4, -0.2) is 24.6 Å². The van der Waals surface area contributed by atoms with E-state index in [-0.39, 0.29) is 0 Å². The van der Waals surface area contributed by atoms with Gasteiger partial charge >= 0.3 is 0 Å². The first kappa shape index (κ1) is 14.3. The normalized spacial score (nSPS) is 13.2. The fourth-order valence-electron chi connectivity index (χ4n) is 1.12. The maximum atomic E-state index is 8.87. The summed E-state index contributed by atoms with van der Waals surface area (Å²) < 4.78 is 0. The Labute approximate surface area is 94.2 Å². The summed E-state index contributed by atoms with van der Waals surface area (Å²) in [5.74, 6) is 4.61. The lowest BCUT2D eigenvalue weighted by Gasteiger charge is -2.10.